The molecule has 216 valence electrons. The van der Waals surface area contributed by atoms with E-state index in [1.807, 2.05) is 6.08 Å². The third kappa shape index (κ3) is 5.09. The van der Waals surface area contributed by atoms with Crippen LogP contribution in [-0.2, 0) is 0 Å². The first kappa shape index (κ1) is 28.3. The highest BCUT2D eigenvalue weighted by molar-refractivity contribution is 6.32. The molecule has 0 heterocycles. The molecule has 0 amide bonds. The summed E-state index contributed by atoms with van der Waals surface area (Å²) in [6.07, 6.45) is 8.70. The van der Waals surface area contributed by atoms with Crippen molar-refractivity contribution in [2.45, 2.75) is 13.8 Å². The van der Waals surface area contributed by atoms with Crippen LogP contribution in [0.1, 0.15) is 19.4 Å². The Kier molecular flexibility index (Phi) is 7.72. The average Bonchev–Trinajstić information content (AvgIpc) is 3.09. The fourth-order valence-electron chi connectivity index (χ4n) is 6.78. The van der Waals surface area contributed by atoms with Crippen LogP contribution >= 0.6 is 0 Å². The number of fused-ring (bicyclic) bond motifs is 3. The maximum absolute atomic E-state index is 4.37. The molecule has 45 heavy (non-hydrogen) atoms. The fourth-order valence-corrected chi connectivity index (χ4v) is 6.78. The summed E-state index contributed by atoms with van der Waals surface area (Å²) in [7, 11) is 0. The molecule has 0 aliphatic rings. The number of hydrogen-bond acceptors (Lipinski definition) is 0. The van der Waals surface area contributed by atoms with E-state index in [9.17, 15) is 0 Å². The van der Waals surface area contributed by atoms with Gasteiger partial charge in [0.2, 0.25) is 0 Å². The molecule has 0 bridgehead atoms. The average molecular weight is 577 g/mol. The van der Waals surface area contributed by atoms with Crippen LogP contribution in [-0.4, -0.2) is 0 Å². The molecule has 7 aromatic carbocycles. The predicted octanol–water partition coefficient (Wildman–Crippen LogP) is 12.9. The Morgan fingerprint density at radius 2 is 0.867 bits per heavy atom. The van der Waals surface area contributed by atoms with Gasteiger partial charge in [0.25, 0.3) is 0 Å². The minimum atomic E-state index is 0.453. The van der Waals surface area contributed by atoms with Crippen molar-refractivity contribution in [3.63, 3.8) is 0 Å². The molecule has 0 fully saturated rings. The molecular weight excluding hydrogens is 540 g/mol. The minimum Gasteiger partial charge on any atom is -0.0984 e. The zero-order valence-electron chi connectivity index (χ0n) is 25.9. The highest BCUT2D eigenvalue weighted by atomic mass is 14.3. The summed E-state index contributed by atoms with van der Waals surface area (Å²) in [5.74, 6) is 0.453. The molecular formula is C45H36. The Morgan fingerprint density at radius 3 is 1.29 bits per heavy atom. The SMILES string of the molecule is C=C/C(=C\C=C/C(C)C)c1c2ccccc2c(-c2ccccc2)c2c(-c3ccccc3)c3ccccc3c(-c3ccccc3)c12. The van der Waals surface area contributed by atoms with Crippen molar-refractivity contribution in [3.8, 4) is 33.4 Å². The lowest BCUT2D eigenvalue weighted by Crippen LogP contribution is -1.99. The van der Waals surface area contributed by atoms with Gasteiger partial charge in [0.1, 0.15) is 0 Å². The summed E-state index contributed by atoms with van der Waals surface area (Å²) in [4.78, 5) is 0. The van der Waals surface area contributed by atoms with Gasteiger partial charge in [-0.25, -0.2) is 0 Å². The summed E-state index contributed by atoms with van der Waals surface area (Å²) in [6, 6.07) is 50.5. The highest BCUT2D eigenvalue weighted by Gasteiger charge is 2.25. The molecule has 0 saturated carbocycles. The second-order valence-electron chi connectivity index (χ2n) is 11.9. The summed E-state index contributed by atoms with van der Waals surface area (Å²) < 4.78 is 0. The predicted molar refractivity (Wildman–Crippen MR) is 197 cm³/mol. The third-order valence-electron chi connectivity index (χ3n) is 8.65. The van der Waals surface area contributed by atoms with E-state index in [4.69, 9.17) is 0 Å². The van der Waals surface area contributed by atoms with E-state index >= 15 is 0 Å². The van der Waals surface area contributed by atoms with E-state index in [0.29, 0.717) is 5.92 Å². The van der Waals surface area contributed by atoms with Gasteiger partial charge in [-0.2, -0.15) is 0 Å². The number of rotatable bonds is 7. The van der Waals surface area contributed by atoms with Crippen molar-refractivity contribution in [2.75, 3.05) is 0 Å². The summed E-state index contributed by atoms with van der Waals surface area (Å²) in [5, 5.41) is 7.46. The molecule has 0 nitrogen and oxygen atoms in total. The Morgan fingerprint density at radius 1 is 0.489 bits per heavy atom. The molecule has 7 rings (SSSR count). The maximum Gasteiger partial charge on any atom is -0.000139 e. The normalized spacial score (nSPS) is 12.1. The van der Waals surface area contributed by atoms with Gasteiger partial charge in [-0.3, -0.25) is 0 Å². The summed E-state index contributed by atoms with van der Waals surface area (Å²) in [6.45, 7) is 8.80. The molecule has 0 unspecified atom stereocenters. The van der Waals surface area contributed by atoms with Crippen LogP contribution in [0, 0.1) is 5.92 Å². The number of allylic oxidation sites excluding steroid dienone is 5. The van der Waals surface area contributed by atoms with Crippen LogP contribution in [0.15, 0.2) is 170 Å². The van der Waals surface area contributed by atoms with Crippen molar-refractivity contribution >= 4 is 37.9 Å². The monoisotopic (exact) mass is 576 g/mol. The molecule has 0 aliphatic carbocycles. The number of benzene rings is 7. The second-order valence-corrected chi connectivity index (χ2v) is 11.9. The molecule has 0 spiro atoms. The van der Waals surface area contributed by atoms with Crippen LogP contribution in [0.5, 0.6) is 0 Å². The lowest BCUT2D eigenvalue weighted by Gasteiger charge is -2.25. The van der Waals surface area contributed by atoms with Crippen LogP contribution in [0.3, 0.4) is 0 Å². The Labute approximate surface area is 266 Å². The standard InChI is InChI=1S/C45H36/c1-4-32(26-18-19-31(2)3)40-36-27-14-15-28-37(36)42(34-22-10-6-11-23-34)45-43(35-24-12-7-13-25-35)39-30-17-16-29-38(39)41(44(40)45)33-20-8-5-9-21-33/h4-31H,1H2,2-3H3/b19-18-,32-26+. The van der Waals surface area contributed by atoms with E-state index in [2.05, 4.69) is 178 Å². The van der Waals surface area contributed by atoms with E-state index in [-0.39, 0.29) is 0 Å². The van der Waals surface area contributed by atoms with Gasteiger partial charge in [-0.1, -0.05) is 184 Å². The topological polar surface area (TPSA) is 0 Å². The molecule has 7 aromatic rings. The molecule has 0 aromatic heterocycles. The van der Waals surface area contributed by atoms with Crippen molar-refractivity contribution < 1.29 is 0 Å². The minimum absolute atomic E-state index is 0.453. The van der Waals surface area contributed by atoms with E-state index in [1.54, 1.807) is 0 Å². The second kappa shape index (κ2) is 12.3. The zero-order chi connectivity index (χ0) is 30.8. The summed E-state index contributed by atoms with van der Waals surface area (Å²) in [5.41, 5.74) is 9.71. The van der Waals surface area contributed by atoms with Gasteiger partial charge in [-0.05, 0) is 82.8 Å². The Hall–Kier alpha value is -5.46. The van der Waals surface area contributed by atoms with Gasteiger partial charge in [0, 0.05) is 0 Å². The van der Waals surface area contributed by atoms with Crippen molar-refractivity contribution in [2.24, 2.45) is 5.92 Å². The summed E-state index contributed by atoms with van der Waals surface area (Å²) >= 11 is 0. The van der Waals surface area contributed by atoms with Crippen molar-refractivity contribution in [1.29, 1.82) is 0 Å². The first-order valence-corrected chi connectivity index (χ1v) is 15.8. The Balaban J connectivity index is 1.86. The molecule has 0 radical (unpaired) electrons. The molecule has 0 saturated heterocycles. The maximum atomic E-state index is 4.37. The first-order valence-electron chi connectivity index (χ1n) is 15.8. The van der Waals surface area contributed by atoms with Crippen LogP contribution < -0.4 is 0 Å². The van der Waals surface area contributed by atoms with Crippen LogP contribution in [0.25, 0.3) is 71.3 Å². The van der Waals surface area contributed by atoms with Gasteiger partial charge in [0.15, 0.2) is 0 Å². The van der Waals surface area contributed by atoms with Crippen molar-refractivity contribution in [1.82, 2.24) is 0 Å². The quantitative estimate of drug-likeness (QED) is 0.131. The van der Waals surface area contributed by atoms with Gasteiger partial charge >= 0.3 is 0 Å². The first-order chi connectivity index (χ1) is 22.2. The van der Waals surface area contributed by atoms with Gasteiger partial charge in [0.05, 0.1) is 0 Å². The molecule has 0 atom stereocenters. The van der Waals surface area contributed by atoms with Gasteiger partial charge < -0.3 is 0 Å². The third-order valence-corrected chi connectivity index (χ3v) is 8.65. The van der Waals surface area contributed by atoms with E-state index in [0.717, 1.165) is 5.57 Å². The van der Waals surface area contributed by atoms with Gasteiger partial charge in [-0.15, -0.1) is 0 Å². The smallest absolute Gasteiger partial charge is 0.000139 e. The zero-order valence-corrected chi connectivity index (χ0v) is 25.9. The molecule has 0 N–H and O–H groups in total. The van der Waals surface area contributed by atoms with E-state index in [1.165, 1.54) is 71.3 Å². The van der Waals surface area contributed by atoms with E-state index < -0.39 is 0 Å². The molecule has 0 heteroatoms. The molecule has 0 aliphatic heterocycles. The van der Waals surface area contributed by atoms with Crippen molar-refractivity contribution in [3.05, 3.63) is 176 Å². The fraction of sp³-hybridized carbons (Fsp3) is 0.0667. The van der Waals surface area contributed by atoms with Crippen LogP contribution in [0.4, 0.5) is 0 Å². The lowest BCUT2D eigenvalue weighted by molar-refractivity contribution is 0.832. The number of hydrogen-bond donors (Lipinski definition) is 0. The highest BCUT2D eigenvalue weighted by Crippen LogP contribution is 2.52. The Bertz CT molecular complexity index is 2170. The largest absolute Gasteiger partial charge is 0.0984 e. The lowest BCUT2D eigenvalue weighted by atomic mass is 9.77. The van der Waals surface area contributed by atoms with Crippen LogP contribution in [0.2, 0.25) is 0 Å².